The Kier molecular flexibility index (Phi) is 23.8. The number of likely N-dealkylation sites (tertiary alicyclic amines) is 1. The van der Waals surface area contributed by atoms with Crippen LogP contribution < -0.4 is 14.8 Å². The molecule has 2 heterocycles. The van der Waals surface area contributed by atoms with Gasteiger partial charge in [-0.15, -0.1) is 0 Å². The van der Waals surface area contributed by atoms with Crippen LogP contribution in [0.2, 0.25) is 0 Å². The number of carbonyl (C=O) groups is 2. The number of unbranched alkanes of at least 4 members (excludes halogenated alkanes) is 2. The van der Waals surface area contributed by atoms with Crippen LogP contribution >= 0.6 is 29.2 Å². The Hall–Kier alpha value is -1.43. The Balaban J connectivity index is 1.33. The van der Waals surface area contributed by atoms with E-state index in [1.165, 1.54) is 58.0 Å². The third kappa shape index (κ3) is 18.7. The van der Waals surface area contributed by atoms with Gasteiger partial charge < -0.3 is 33.8 Å². The van der Waals surface area contributed by atoms with E-state index in [0.29, 0.717) is 43.9 Å². The van der Waals surface area contributed by atoms with Crippen LogP contribution in [0.5, 0.6) is 11.5 Å². The molecule has 2 aliphatic rings. The number of aliphatic hydroxyl groups excluding tert-OH is 1. The maximum atomic E-state index is 13.0. The molecule has 2 N–H and O–H groups in total. The number of nitrogens with one attached hydrogen (secondary N) is 1. The Morgan fingerprint density at radius 3 is 2.27 bits per heavy atom. The highest BCUT2D eigenvalue weighted by Crippen LogP contribution is 2.46. The molecule has 2 aliphatic heterocycles. The SMILES string of the molecule is CCCCCOP(C)(=O)OCC1C[C@@H](O)CN1C(=O)CCCSSCCNC(=O)Oc1c(C)c(C)c2c(c1C)CC[C@@](C)(CCC[C@@H](C)CCC[C@@H](C)CCCC(C)C)O2. The van der Waals surface area contributed by atoms with Gasteiger partial charge in [0.2, 0.25) is 5.91 Å². The lowest BCUT2D eigenvalue weighted by Gasteiger charge is -2.38. The molecule has 1 fully saturated rings. The number of ether oxygens (including phenoxy) is 2. The second-order valence-electron chi connectivity index (χ2n) is 18.7. The largest absolute Gasteiger partial charge is 0.487 e. The predicted molar refractivity (Wildman–Crippen MR) is 252 cm³/mol. The summed E-state index contributed by atoms with van der Waals surface area (Å²) in [7, 11) is 0.0960. The first-order chi connectivity index (χ1) is 28.4. The fraction of sp³-hybridized carbons (Fsp3) is 0.830. The van der Waals surface area contributed by atoms with Crippen molar-refractivity contribution in [1.29, 1.82) is 0 Å². The number of aliphatic hydroxyl groups is 1. The van der Waals surface area contributed by atoms with E-state index in [0.717, 1.165) is 90.0 Å². The van der Waals surface area contributed by atoms with Crippen molar-refractivity contribution in [3.05, 3.63) is 22.3 Å². The molecule has 0 spiro atoms. The number of benzene rings is 1. The fourth-order valence-electron chi connectivity index (χ4n) is 8.48. The van der Waals surface area contributed by atoms with Gasteiger partial charge in [0, 0.05) is 43.2 Å². The smallest absolute Gasteiger partial charge is 0.412 e. The number of fused-ring (bicyclic) bond motifs is 1. The zero-order valence-corrected chi connectivity index (χ0v) is 41.7. The molecule has 1 aromatic carbocycles. The molecule has 6 atom stereocenters. The summed E-state index contributed by atoms with van der Waals surface area (Å²) in [5.41, 5.74) is 3.94. The quantitative estimate of drug-likeness (QED) is 0.0456. The molecule has 60 heavy (non-hydrogen) atoms. The molecule has 2 unspecified atom stereocenters. The van der Waals surface area contributed by atoms with Gasteiger partial charge in [0.1, 0.15) is 17.1 Å². The first-order valence-corrected chi connectivity index (χ1v) is 27.8. The molecular weight excluding hydrogens is 816 g/mol. The van der Waals surface area contributed by atoms with E-state index in [4.69, 9.17) is 18.5 Å². The van der Waals surface area contributed by atoms with Crippen LogP contribution in [0, 0.1) is 38.5 Å². The number of β-amino-alcohol motifs (C(OH)–C–C–N with tert-alkyl or cyclic N) is 1. The molecule has 3 rings (SSSR count). The van der Waals surface area contributed by atoms with Crippen LogP contribution in [0.3, 0.4) is 0 Å². The number of hydrogen-bond acceptors (Lipinski definition) is 10. The van der Waals surface area contributed by atoms with Gasteiger partial charge in [-0.05, 0) is 107 Å². The van der Waals surface area contributed by atoms with E-state index in [1.54, 1.807) is 26.5 Å². The topological polar surface area (TPSA) is 124 Å². The summed E-state index contributed by atoms with van der Waals surface area (Å²) in [6.07, 6.45) is 16.7. The molecule has 346 valence electrons. The van der Waals surface area contributed by atoms with Gasteiger partial charge in [-0.1, -0.05) is 114 Å². The van der Waals surface area contributed by atoms with Crippen molar-refractivity contribution in [2.45, 2.75) is 189 Å². The normalized spacial score (nSPS) is 21.0. The Morgan fingerprint density at radius 2 is 1.58 bits per heavy atom. The highest BCUT2D eigenvalue weighted by Gasteiger charge is 2.36. The number of amides is 2. The van der Waals surface area contributed by atoms with Crippen molar-refractivity contribution in [1.82, 2.24) is 10.2 Å². The zero-order valence-electron chi connectivity index (χ0n) is 39.2. The molecule has 0 saturated carbocycles. The summed E-state index contributed by atoms with van der Waals surface area (Å²) in [6.45, 7) is 22.6. The standard InChI is InChI=1S/C47H83N2O8PS2/c1-11-12-13-28-54-58(10,53)55-33-40-31-41(50)32-49(40)43(51)23-17-29-59-60-30-27-48-46(52)56-44-37(6)38(7)45-42(39(44)8)24-26-47(9,57-45)25-16-22-36(5)21-15-20-35(4)19-14-18-34(2)3/h34-36,40-41,50H,11-33H2,1-10H3,(H,48,52)/t35-,36-,40?,41+,47+,58?/m0/s1. The lowest BCUT2D eigenvalue weighted by molar-refractivity contribution is -0.132. The molecule has 1 saturated heterocycles. The van der Waals surface area contributed by atoms with Crippen molar-refractivity contribution in [2.24, 2.45) is 17.8 Å². The average molecular weight is 899 g/mol. The number of carbonyl (C=O) groups excluding carboxylic acids is 2. The van der Waals surface area contributed by atoms with E-state index in [-0.39, 0.29) is 30.7 Å². The van der Waals surface area contributed by atoms with Crippen molar-refractivity contribution in [3.8, 4) is 11.5 Å². The van der Waals surface area contributed by atoms with Crippen molar-refractivity contribution in [2.75, 3.05) is 44.5 Å². The third-order valence-corrected chi connectivity index (χ3v) is 16.2. The second-order valence-corrected chi connectivity index (χ2v) is 23.4. The summed E-state index contributed by atoms with van der Waals surface area (Å²) in [4.78, 5) is 27.6. The van der Waals surface area contributed by atoms with Gasteiger partial charge in [0.05, 0.1) is 25.4 Å². The van der Waals surface area contributed by atoms with E-state index >= 15 is 0 Å². The van der Waals surface area contributed by atoms with Gasteiger partial charge in [0.15, 0.2) is 0 Å². The Labute approximate surface area is 372 Å². The number of rotatable bonds is 29. The Bertz CT molecular complexity index is 1510. The summed E-state index contributed by atoms with van der Waals surface area (Å²) in [6, 6.07) is -0.318. The minimum Gasteiger partial charge on any atom is -0.487 e. The van der Waals surface area contributed by atoms with Crippen LogP contribution in [0.15, 0.2) is 0 Å². The monoisotopic (exact) mass is 899 g/mol. The van der Waals surface area contributed by atoms with Crippen molar-refractivity contribution < 1.29 is 37.8 Å². The van der Waals surface area contributed by atoms with Gasteiger partial charge in [-0.2, -0.15) is 0 Å². The van der Waals surface area contributed by atoms with Crippen molar-refractivity contribution >= 4 is 41.2 Å². The summed E-state index contributed by atoms with van der Waals surface area (Å²) in [5.74, 6) is 5.44. The van der Waals surface area contributed by atoms with Gasteiger partial charge in [-0.3, -0.25) is 9.36 Å². The van der Waals surface area contributed by atoms with E-state index < -0.39 is 19.8 Å². The maximum absolute atomic E-state index is 13.0. The van der Waals surface area contributed by atoms with E-state index in [9.17, 15) is 19.3 Å². The summed E-state index contributed by atoms with van der Waals surface area (Å²) < 4.78 is 36.5. The molecule has 10 nitrogen and oxygen atoms in total. The molecule has 2 amide bonds. The first kappa shape index (κ1) is 52.9. The lowest BCUT2D eigenvalue weighted by atomic mass is 9.83. The fourth-order valence-corrected chi connectivity index (χ4v) is 11.4. The first-order valence-electron chi connectivity index (χ1n) is 23.3. The molecule has 13 heteroatoms. The second kappa shape index (κ2) is 27.0. The molecule has 1 aromatic rings. The number of nitrogens with zero attached hydrogens (tertiary/aromatic N) is 1. The predicted octanol–water partition coefficient (Wildman–Crippen LogP) is 12.4. The highest BCUT2D eigenvalue weighted by atomic mass is 33.1. The van der Waals surface area contributed by atoms with Crippen LogP contribution in [0.4, 0.5) is 4.79 Å². The van der Waals surface area contributed by atoms with E-state index in [2.05, 4.69) is 53.8 Å². The summed E-state index contributed by atoms with van der Waals surface area (Å²) in [5, 5.41) is 13.2. The van der Waals surface area contributed by atoms with Crippen LogP contribution in [-0.2, 0) is 24.8 Å². The van der Waals surface area contributed by atoms with Gasteiger partial charge in [-0.25, -0.2) is 4.79 Å². The molecular formula is C47H83N2O8PS2. The van der Waals surface area contributed by atoms with Gasteiger partial charge >= 0.3 is 13.7 Å². The molecule has 0 aliphatic carbocycles. The minimum atomic E-state index is -3.22. The lowest BCUT2D eigenvalue weighted by Crippen LogP contribution is -2.38. The Morgan fingerprint density at radius 1 is 0.917 bits per heavy atom. The molecule has 0 radical (unpaired) electrons. The third-order valence-electron chi connectivity index (χ3n) is 12.5. The van der Waals surface area contributed by atoms with Crippen LogP contribution in [0.1, 0.15) is 167 Å². The van der Waals surface area contributed by atoms with Crippen LogP contribution in [0.25, 0.3) is 0 Å². The van der Waals surface area contributed by atoms with Crippen LogP contribution in [-0.4, -0.2) is 84.2 Å². The summed E-state index contributed by atoms with van der Waals surface area (Å²) >= 11 is 0. The van der Waals surface area contributed by atoms with E-state index in [1.807, 2.05) is 13.8 Å². The zero-order chi connectivity index (χ0) is 44.3. The highest BCUT2D eigenvalue weighted by molar-refractivity contribution is 8.76. The number of hydrogen-bond donors (Lipinski definition) is 2. The molecule has 0 aromatic heterocycles. The minimum absolute atomic E-state index is 0.0348. The average Bonchev–Trinajstić information content (AvgIpc) is 3.57. The maximum Gasteiger partial charge on any atom is 0.412 e. The van der Waals surface area contributed by atoms with Crippen molar-refractivity contribution in [3.63, 3.8) is 0 Å². The molecule has 0 bridgehead atoms. The van der Waals surface area contributed by atoms with Gasteiger partial charge in [0.25, 0.3) is 0 Å².